The Kier molecular flexibility index (Phi) is 3.42. The van der Waals surface area contributed by atoms with E-state index >= 15 is 0 Å². The van der Waals surface area contributed by atoms with Crippen LogP contribution in [-0.2, 0) is 12.6 Å². The first kappa shape index (κ1) is 13.7. The maximum absolute atomic E-state index is 12.4. The summed E-state index contributed by atoms with van der Waals surface area (Å²) in [6.45, 7) is 0. The fourth-order valence-corrected chi connectivity index (χ4v) is 2.58. The largest absolute Gasteiger partial charge is 0.471 e. The maximum Gasteiger partial charge on any atom is 0.471 e. The third-order valence-electron chi connectivity index (χ3n) is 2.52. The highest BCUT2D eigenvalue weighted by Gasteiger charge is 2.38. The lowest BCUT2D eigenvalue weighted by Crippen LogP contribution is -2.04. The molecular formula is C12H7F3N4OS. The van der Waals surface area contributed by atoms with Crippen molar-refractivity contribution in [2.45, 2.75) is 12.6 Å². The molecular weight excluding hydrogens is 305 g/mol. The normalized spacial score (nSPS) is 11.8. The van der Waals surface area contributed by atoms with Gasteiger partial charge in [-0.1, -0.05) is 5.16 Å². The molecule has 0 bridgehead atoms. The first-order chi connectivity index (χ1) is 10.0. The van der Waals surface area contributed by atoms with Crippen LogP contribution in [0.15, 0.2) is 35.2 Å². The highest BCUT2D eigenvalue weighted by atomic mass is 32.1. The van der Waals surface area contributed by atoms with Crippen LogP contribution >= 0.6 is 11.3 Å². The van der Waals surface area contributed by atoms with Crippen LogP contribution in [0.4, 0.5) is 13.2 Å². The Labute approximate surface area is 120 Å². The van der Waals surface area contributed by atoms with E-state index in [4.69, 9.17) is 0 Å². The number of alkyl halides is 3. The second kappa shape index (κ2) is 5.24. The van der Waals surface area contributed by atoms with Gasteiger partial charge in [-0.15, -0.1) is 11.3 Å². The standard InChI is InChI=1S/C12H7F3N4OS/c13-12(14,15)11-18-10(19-20-11)9-2-1-8(21-9)5-7-6-16-3-4-17-7/h1-4,6H,5H2. The summed E-state index contributed by atoms with van der Waals surface area (Å²) in [4.78, 5) is 12.9. The van der Waals surface area contributed by atoms with Crippen molar-refractivity contribution >= 4 is 11.3 Å². The lowest BCUT2D eigenvalue weighted by atomic mass is 10.3. The van der Waals surface area contributed by atoms with Crippen molar-refractivity contribution < 1.29 is 17.7 Å². The van der Waals surface area contributed by atoms with Gasteiger partial charge >= 0.3 is 12.1 Å². The molecule has 0 saturated heterocycles. The van der Waals surface area contributed by atoms with E-state index in [1.165, 1.54) is 11.3 Å². The second-order valence-corrected chi connectivity index (χ2v) is 5.23. The Hall–Kier alpha value is -2.29. The van der Waals surface area contributed by atoms with Crippen molar-refractivity contribution in [2.24, 2.45) is 0 Å². The number of aromatic nitrogens is 4. The molecule has 0 fully saturated rings. The van der Waals surface area contributed by atoms with Crippen molar-refractivity contribution in [1.29, 1.82) is 0 Å². The molecule has 3 rings (SSSR count). The molecule has 108 valence electrons. The molecule has 0 atom stereocenters. The van der Waals surface area contributed by atoms with Gasteiger partial charge in [0.1, 0.15) is 0 Å². The Morgan fingerprint density at radius 1 is 1.19 bits per heavy atom. The SMILES string of the molecule is FC(F)(F)c1nc(-c2ccc(Cc3cnccn3)s2)no1. The molecule has 0 aliphatic carbocycles. The number of thiophene rings is 1. The van der Waals surface area contributed by atoms with Crippen LogP contribution in [0.25, 0.3) is 10.7 Å². The molecule has 3 aromatic heterocycles. The molecule has 3 heterocycles. The summed E-state index contributed by atoms with van der Waals surface area (Å²) in [5.74, 6) is -1.42. The highest BCUT2D eigenvalue weighted by Crippen LogP contribution is 2.32. The zero-order valence-electron chi connectivity index (χ0n) is 10.3. The summed E-state index contributed by atoms with van der Waals surface area (Å²) in [6.07, 6.45) is 0.697. The van der Waals surface area contributed by atoms with Gasteiger partial charge in [-0.05, 0) is 12.1 Å². The van der Waals surface area contributed by atoms with Gasteiger partial charge in [-0.3, -0.25) is 9.97 Å². The van der Waals surface area contributed by atoms with Gasteiger partial charge in [0.2, 0.25) is 5.82 Å². The van der Waals surface area contributed by atoms with Gasteiger partial charge in [-0.25, -0.2) is 0 Å². The minimum absolute atomic E-state index is 0.0716. The van der Waals surface area contributed by atoms with E-state index in [2.05, 4.69) is 24.6 Å². The fourth-order valence-electron chi connectivity index (χ4n) is 1.63. The zero-order chi connectivity index (χ0) is 14.9. The minimum Gasteiger partial charge on any atom is -0.329 e. The summed E-state index contributed by atoms with van der Waals surface area (Å²) in [5, 5.41) is 3.35. The molecule has 0 amide bonds. The van der Waals surface area contributed by atoms with Crippen LogP contribution in [0.1, 0.15) is 16.5 Å². The Morgan fingerprint density at radius 2 is 2.05 bits per heavy atom. The van der Waals surface area contributed by atoms with E-state index < -0.39 is 12.1 Å². The van der Waals surface area contributed by atoms with E-state index in [1.54, 1.807) is 30.7 Å². The first-order valence-electron chi connectivity index (χ1n) is 5.77. The maximum atomic E-state index is 12.4. The van der Waals surface area contributed by atoms with Crippen LogP contribution in [-0.4, -0.2) is 20.1 Å². The smallest absolute Gasteiger partial charge is 0.329 e. The average molecular weight is 312 g/mol. The van der Waals surface area contributed by atoms with Crippen molar-refractivity contribution in [3.63, 3.8) is 0 Å². The van der Waals surface area contributed by atoms with E-state index in [9.17, 15) is 13.2 Å². The van der Waals surface area contributed by atoms with Gasteiger partial charge in [0.25, 0.3) is 0 Å². The molecule has 0 aromatic carbocycles. The topological polar surface area (TPSA) is 64.7 Å². The summed E-state index contributed by atoms with van der Waals surface area (Å²) in [6, 6.07) is 3.44. The summed E-state index contributed by atoms with van der Waals surface area (Å²) in [7, 11) is 0. The molecule has 3 aromatic rings. The van der Waals surface area contributed by atoms with Crippen LogP contribution in [0, 0.1) is 0 Å². The molecule has 21 heavy (non-hydrogen) atoms. The van der Waals surface area contributed by atoms with E-state index in [1.807, 2.05) is 0 Å². The molecule has 0 unspecified atom stereocenters. The molecule has 5 nitrogen and oxygen atoms in total. The Bertz CT molecular complexity index is 738. The Morgan fingerprint density at radius 3 is 2.71 bits per heavy atom. The highest BCUT2D eigenvalue weighted by molar-refractivity contribution is 7.15. The monoisotopic (exact) mass is 312 g/mol. The van der Waals surface area contributed by atoms with Crippen LogP contribution < -0.4 is 0 Å². The van der Waals surface area contributed by atoms with Crippen molar-refractivity contribution in [2.75, 3.05) is 0 Å². The number of hydrogen-bond donors (Lipinski definition) is 0. The van der Waals surface area contributed by atoms with Gasteiger partial charge in [0.05, 0.1) is 10.6 Å². The predicted molar refractivity (Wildman–Crippen MR) is 67.5 cm³/mol. The van der Waals surface area contributed by atoms with Crippen molar-refractivity contribution in [3.8, 4) is 10.7 Å². The molecule has 0 radical (unpaired) electrons. The summed E-state index contributed by atoms with van der Waals surface area (Å²) in [5.41, 5.74) is 0.773. The van der Waals surface area contributed by atoms with E-state index in [0.717, 1.165) is 10.6 Å². The lowest BCUT2D eigenvalue weighted by molar-refractivity contribution is -0.159. The molecule has 0 saturated carbocycles. The first-order valence-corrected chi connectivity index (χ1v) is 6.59. The number of hydrogen-bond acceptors (Lipinski definition) is 6. The third kappa shape index (κ3) is 3.07. The lowest BCUT2D eigenvalue weighted by Gasteiger charge is -1.96. The molecule has 0 aliphatic heterocycles. The molecule has 0 spiro atoms. The van der Waals surface area contributed by atoms with Gasteiger partial charge in [-0.2, -0.15) is 18.2 Å². The van der Waals surface area contributed by atoms with Crippen LogP contribution in [0.2, 0.25) is 0 Å². The van der Waals surface area contributed by atoms with Crippen LogP contribution in [0.5, 0.6) is 0 Å². The van der Waals surface area contributed by atoms with Crippen LogP contribution in [0.3, 0.4) is 0 Å². The fraction of sp³-hybridized carbons (Fsp3) is 0.167. The van der Waals surface area contributed by atoms with Gasteiger partial charge in [0.15, 0.2) is 0 Å². The summed E-state index contributed by atoms with van der Waals surface area (Å²) >= 11 is 1.28. The zero-order valence-corrected chi connectivity index (χ0v) is 11.1. The number of nitrogens with zero attached hydrogens (tertiary/aromatic N) is 4. The second-order valence-electron chi connectivity index (χ2n) is 4.06. The van der Waals surface area contributed by atoms with Crippen molar-refractivity contribution in [1.82, 2.24) is 20.1 Å². The molecule has 0 N–H and O–H groups in total. The molecule has 0 aliphatic rings. The van der Waals surface area contributed by atoms with Crippen molar-refractivity contribution in [3.05, 3.63) is 47.2 Å². The quantitative estimate of drug-likeness (QED) is 0.743. The number of halogens is 3. The molecule has 9 heteroatoms. The van der Waals surface area contributed by atoms with E-state index in [0.29, 0.717) is 11.3 Å². The van der Waals surface area contributed by atoms with Gasteiger partial charge < -0.3 is 4.52 Å². The van der Waals surface area contributed by atoms with Gasteiger partial charge in [0, 0.05) is 29.9 Å². The average Bonchev–Trinajstić information content (AvgIpc) is 3.07. The minimum atomic E-state index is -4.63. The predicted octanol–water partition coefficient (Wildman–Crippen LogP) is 3.20. The van der Waals surface area contributed by atoms with E-state index in [-0.39, 0.29) is 5.82 Å². The number of rotatable bonds is 3. The summed E-state index contributed by atoms with van der Waals surface area (Å²) < 4.78 is 41.4. The Balaban J connectivity index is 1.80. The third-order valence-corrected chi connectivity index (χ3v) is 3.60.